The Bertz CT molecular complexity index is 598. The molecule has 1 heterocycles. The van der Waals surface area contributed by atoms with Crippen LogP contribution in [0.1, 0.15) is 23.8 Å². The number of aromatic carboxylic acids is 1. The van der Waals surface area contributed by atoms with Crippen LogP contribution in [0.2, 0.25) is 0 Å². The van der Waals surface area contributed by atoms with Crippen molar-refractivity contribution in [3.63, 3.8) is 0 Å². The van der Waals surface area contributed by atoms with Crippen molar-refractivity contribution in [1.82, 2.24) is 4.98 Å². The first-order chi connectivity index (χ1) is 9.11. The number of fused-ring (bicyclic) bond motifs is 1. The van der Waals surface area contributed by atoms with Gasteiger partial charge < -0.3 is 15.5 Å². The van der Waals surface area contributed by atoms with Gasteiger partial charge in [0.1, 0.15) is 0 Å². The van der Waals surface area contributed by atoms with Crippen LogP contribution < -0.4 is 5.32 Å². The van der Waals surface area contributed by atoms with Crippen molar-refractivity contribution in [2.75, 3.05) is 11.9 Å². The van der Waals surface area contributed by atoms with E-state index in [2.05, 4.69) is 10.3 Å². The summed E-state index contributed by atoms with van der Waals surface area (Å²) in [5.41, 5.74) is 1.29. The van der Waals surface area contributed by atoms with E-state index in [1.807, 2.05) is 25.1 Å². The van der Waals surface area contributed by atoms with E-state index in [0.29, 0.717) is 24.2 Å². The number of hydrogen-bond donors (Lipinski definition) is 3. The first-order valence-electron chi connectivity index (χ1n) is 6.17. The molecule has 0 aliphatic rings. The van der Waals surface area contributed by atoms with Crippen molar-refractivity contribution in [2.24, 2.45) is 0 Å². The van der Waals surface area contributed by atoms with Gasteiger partial charge in [-0.2, -0.15) is 0 Å². The third-order valence-corrected chi connectivity index (χ3v) is 2.93. The van der Waals surface area contributed by atoms with E-state index in [9.17, 15) is 9.90 Å². The zero-order valence-electron chi connectivity index (χ0n) is 10.6. The Morgan fingerprint density at radius 3 is 2.84 bits per heavy atom. The second-order valence-corrected chi connectivity index (χ2v) is 4.32. The minimum atomic E-state index is -1.06. The highest BCUT2D eigenvalue weighted by molar-refractivity contribution is 5.97. The van der Waals surface area contributed by atoms with Gasteiger partial charge >= 0.3 is 5.97 Å². The van der Waals surface area contributed by atoms with Gasteiger partial charge in [-0.1, -0.05) is 25.1 Å². The second kappa shape index (κ2) is 5.67. The van der Waals surface area contributed by atoms with Crippen molar-refractivity contribution < 1.29 is 15.0 Å². The molecule has 5 heteroatoms. The van der Waals surface area contributed by atoms with E-state index < -0.39 is 12.1 Å². The van der Waals surface area contributed by atoms with E-state index in [1.54, 1.807) is 6.07 Å². The molecule has 1 atom stereocenters. The number of aliphatic hydroxyl groups is 1. The molecule has 0 fully saturated rings. The number of aliphatic hydroxyl groups excluding tert-OH is 1. The minimum absolute atomic E-state index is 0.00723. The van der Waals surface area contributed by atoms with Crippen LogP contribution in [0.3, 0.4) is 0 Å². The molecule has 100 valence electrons. The van der Waals surface area contributed by atoms with E-state index in [-0.39, 0.29) is 5.69 Å². The van der Waals surface area contributed by atoms with Crippen LogP contribution in [-0.4, -0.2) is 33.8 Å². The molecule has 1 unspecified atom stereocenters. The van der Waals surface area contributed by atoms with Crippen molar-refractivity contribution in [1.29, 1.82) is 0 Å². The monoisotopic (exact) mass is 260 g/mol. The van der Waals surface area contributed by atoms with Crippen LogP contribution in [0.4, 0.5) is 5.69 Å². The Hall–Kier alpha value is -2.14. The minimum Gasteiger partial charge on any atom is -0.477 e. The lowest BCUT2D eigenvalue weighted by Crippen LogP contribution is -2.18. The Morgan fingerprint density at radius 2 is 2.16 bits per heavy atom. The first kappa shape index (κ1) is 13.3. The number of carboxylic acid groups (broad SMARTS) is 1. The highest BCUT2D eigenvalue weighted by Gasteiger charge is 2.11. The molecule has 0 aliphatic carbocycles. The number of aromatic nitrogens is 1. The fraction of sp³-hybridized carbons (Fsp3) is 0.286. The molecule has 1 aromatic heterocycles. The quantitative estimate of drug-likeness (QED) is 0.767. The summed E-state index contributed by atoms with van der Waals surface area (Å²) in [5, 5.41) is 22.6. The number of benzene rings is 1. The molecule has 1 aromatic carbocycles. The second-order valence-electron chi connectivity index (χ2n) is 4.32. The molecule has 0 aliphatic heterocycles. The number of nitrogens with zero attached hydrogens (tertiary/aromatic N) is 1. The van der Waals surface area contributed by atoms with Crippen LogP contribution in [-0.2, 0) is 0 Å². The van der Waals surface area contributed by atoms with Crippen molar-refractivity contribution >= 4 is 22.6 Å². The normalized spacial score (nSPS) is 12.3. The predicted octanol–water partition coefficient (Wildman–Crippen LogP) is 2.12. The molecule has 5 nitrogen and oxygen atoms in total. The molecule has 0 bridgehead atoms. The number of para-hydroxylation sites is 1. The number of rotatable bonds is 5. The Balaban J connectivity index is 2.41. The largest absolute Gasteiger partial charge is 0.477 e. The van der Waals surface area contributed by atoms with Gasteiger partial charge in [0.2, 0.25) is 0 Å². The molecule has 3 N–H and O–H groups in total. The smallest absolute Gasteiger partial charge is 0.354 e. The van der Waals surface area contributed by atoms with Gasteiger partial charge in [0.05, 0.1) is 11.6 Å². The van der Waals surface area contributed by atoms with Crippen LogP contribution in [0.25, 0.3) is 10.9 Å². The zero-order chi connectivity index (χ0) is 13.8. The number of pyridine rings is 1. The van der Waals surface area contributed by atoms with Gasteiger partial charge in [-0.3, -0.25) is 0 Å². The number of carboxylic acids is 1. The summed E-state index contributed by atoms with van der Waals surface area (Å²) in [4.78, 5) is 15.1. The Morgan fingerprint density at radius 1 is 1.42 bits per heavy atom. The number of hydrogen-bond acceptors (Lipinski definition) is 4. The number of nitrogens with one attached hydrogen (secondary N) is 1. The van der Waals surface area contributed by atoms with Crippen molar-refractivity contribution in [3.05, 3.63) is 36.0 Å². The van der Waals surface area contributed by atoms with E-state index in [0.717, 1.165) is 5.39 Å². The fourth-order valence-corrected chi connectivity index (χ4v) is 1.80. The Labute approximate surface area is 110 Å². The number of carbonyl (C=O) groups is 1. The van der Waals surface area contributed by atoms with Gasteiger partial charge in [-0.25, -0.2) is 9.78 Å². The average molecular weight is 260 g/mol. The summed E-state index contributed by atoms with van der Waals surface area (Å²) < 4.78 is 0. The van der Waals surface area contributed by atoms with Crippen LogP contribution >= 0.6 is 0 Å². The third kappa shape index (κ3) is 3.00. The summed E-state index contributed by atoms with van der Waals surface area (Å²) >= 11 is 0. The summed E-state index contributed by atoms with van der Waals surface area (Å²) in [7, 11) is 0. The van der Waals surface area contributed by atoms with Crippen molar-refractivity contribution in [2.45, 2.75) is 19.4 Å². The van der Waals surface area contributed by atoms with Gasteiger partial charge in [-0.15, -0.1) is 0 Å². The van der Waals surface area contributed by atoms with Gasteiger partial charge in [0.15, 0.2) is 5.69 Å². The predicted molar refractivity (Wildman–Crippen MR) is 73.5 cm³/mol. The zero-order valence-corrected chi connectivity index (χ0v) is 10.6. The van der Waals surface area contributed by atoms with Gasteiger partial charge in [0.25, 0.3) is 0 Å². The molecule has 0 spiro atoms. The van der Waals surface area contributed by atoms with Gasteiger partial charge in [0, 0.05) is 17.6 Å². The lowest BCUT2D eigenvalue weighted by atomic mass is 10.1. The topological polar surface area (TPSA) is 82.5 Å². The standard InChI is InChI=1S/C14H16N2O3/c1-2-9(17)8-15-12-7-13(14(18)19)16-11-6-4-3-5-10(11)12/h3-7,9,17H,2,8H2,1H3,(H,15,16)(H,18,19). The van der Waals surface area contributed by atoms with E-state index in [1.165, 1.54) is 6.07 Å². The molecule has 0 saturated heterocycles. The summed E-state index contributed by atoms with van der Waals surface area (Å²) in [5.74, 6) is -1.06. The molecule has 0 amide bonds. The Kier molecular flexibility index (Phi) is 3.97. The highest BCUT2D eigenvalue weighted by atomic mass is 16.4. The summed E-state index contributed by atoms with van der Waals surface area (Å²) in [6.45, 7) is 2.27. The molecule has 19 heavy (non-hydrogen) atoms. The van der Waals surface area contributed by atoms with Gasteiger partial charge in [-0.05, 0) is 18.6 Å². The fourth-order valence-electron chi connectivity index (χ4n) is 1.80. The average Bonchev–Trinajstić information content (AvgIpc) is 2.43. The highest BCUT2D eigenvalue weighted by Crippen LogP contribution is 2.23. The maximum absolute atomic E-state index is 11.1. The molecule has 0 saturated carbocycles. The SMILES string of the molecule is CCC(O)CNc1cc(C(=O)O)nc2ccccc12. The summed E-state index contributed by atoms with van der Waals surface area (Å²) in [6.07, 6.45) is 0.183. The van der Waals surface area contributed by atoms with Crippen LogP contribution in [0.15, 0.2) is 30.3 Å². The molecule has 2 rings (SSSR count). The molecule has 0 radical (unpaired) electrons. The maximum Gasteiger partial charge on any atom is 0.354 e. The lowest BCUT2D eigenvalue weighted by molar-refractivity contribution is 0.0691. The lowest BCUT2D eigenvalue weighted by Gasteiger charge is -2.13. The van der Waals surface area contributed by atoms with E-state index >= 15 is 0 Å². The van der Waals surface area contributed by atoms with Crippen LogP contribution in [0, 0.1) is 0 Å². The third-order valence-electron chi connectivity index (χ3n) is 2.93. The molecule has 2 aromatic rings. The first-order valence-corrected chi connectivity index (χ1v) is 6.17. The van der Waals surface area contributed by atoms with E-state index in [4.69, 9.17) is 5.11 Å². The van der Waals surface area contributed by atoms with Crippen molar-refractivity contribution in [3.8, 4) is 0 Å². The van der Waals surface area contributed by atoms with Crippen LogP contribution in [0.5, 0.6) is 0 Å². The summed E-state index contributed by atoms with van der Waals surface area (Å²) in [6, 6.07) is 8.81. The molecular weight excluding hydrogens is 244 g/mol. The molecular formula is C14H16N2O3. The maximum atomic E-state index is 11.1. The number of anilines is 1.